The van der Waals surface area contributed by atoms with E-state index < -0.39 is 5.54 Å². The first-order chi connectivity index (χ1) is 7.53. The van der Waals surface area contributed by atoms with Gasteiger partial charge in [-0.2, -0.15) is 0 Å². The van der Waals surface area contributed by atoms with Crippen molar-refractivity contribution >= 4 is 5.91 Å². The van der Waals surface area contributed by atoms with E-state index in [1.165, 1.54) is 12.8 Å². The molecule has 0 aromatic heterocycles. The summed E-state index contributed by atoms with van der Waals surface area (Å²) in [4.78, 5) is 14.1. The average molecular weight is 225 g/mol. The minimum Gasteiger partial charge on any atom is -0.368 e. The molecule has 16 heavy (non-hydrogen) atoms. The number of hydrogen-bond acceptors (Lipinski definition) is 3. The molecule has 0 aromatic rings. The molecule has 92 valence electrons. The van der Waals surface area contributed by atoms with Gasteiger partial charge in [0.15, 0.2) is 0 Å². The molecular weight excluding hydrogens is 202 g/mol. The third-order valence-electron chi connectivity index (χ3n) is 3.91. The Kier molecular flexibility index (Phi) is 3.22. The Balaban J connectivity index is 1.97. The highest BCUT2D eigenvalue weighted by Gasteiger charge is 2.43. The summed E-state index contributed by atoms with van der Waals surface area (Å²) in [7, 11) is 0. The van der Waals surface area contributed by atoms with Gasteiger partial charge in [-0.1, -0.05) is 0 Å². The monoisotopic (exact) mass is 225 g/mol. The van der Waals surface area contributed by atoms with Crippen LogP contribution >= 0.6 is 0 Å². The number of primary amides is 1. The molecule has 2 rings (SSSR count). The highest BCUT2D eigenvalue weighted by molar-refractivity contribution is 5.85. The lowest BCUT2D eigenvalue weighted by atomic mass is 9.86. The van der Waals surface area contributed by atoms with E-state index in [1.807, 2.05) is 0 Å². The number of nitrogens with two attached hydrogens (primary N) is 1. The second-order valence-corrected chi connectivity index (χ2v) is 5.49. The van der Waals surface area contributed by atoms with Gasteiger partial charge in [-0.05, 0) is 39.5 Å². The smallest absolute Gasteiger partial charge is 0.237 e. The van der Waals surface area contributed by atoms with Gasteiger partial charge in [0, 0.05) is 25.2 Å². The zero-order valence-electron chi connectivity index (χ0n) is 10.3. The molecule has 1 saturated heterocycles. The Morgan fingerprint density at radius 1 is 1.38 bits per heavy atom. The Labute approximate surface area is 97.6 Å². The van der Waals surface area contributed by atoms with Crippen LogP contribution in [-0.4, -0.2) is 41.5 Å². The van der Waals surface area contributed by atoms with Gasteiger partial charge in [0.2, 0.25) is 5.91 Å². The van der Waals surface area contributed by atoms with Crippen LogP contribution in [0, 0.1) is 0 Å². The van der Waals surface area contributed by atoms with Gasteiger partial charge >= 0.3 is 0 Å². The van der Waals surface area contributed by atoms with E-state index in [4.69, 9.17) is 5.73 Å². The molecule has 2 fully saturated rings. The maximum atomic E-state index is 11.7. The lowest BCUT2D eigenvalue weighted by Gasteiger charge is -2.42. The summed E-state index contributed by atoms with van der Waals surface area (Å²) in [6.45, 7) is 6.35. The second kappa shape index (κ2) is 4.34. The standard InChI is InChI=1S/C12H23N3O/c1-9(2)15-7-5-12(6-8-15,11(13)16)14-10-3-4-10/h9-10,14H,3-8H2,1-2H3,(H2,13,16). The van der Waals surface area contributed by atoms with E-state index in [0.717, 1.165) is 25.9 Å². The number of piperidine rings is 1. The van der Waals surface area contributed by atoms with Crippen LogP contribution in [0.3, 0.4) is 0 Å². The molecule has 4 heteroatoms. The van der Waals surface area contributed by atoms with Crippen LogP contribution in [0.15, 0.2) is 0 Å². The summed E-state index contributed by atoms with van der Waals surface area (Å²) in [6, 6.07) is 1.10. The van der Waals surface area contributed by atoms with Gasteiger partial charge in [0.1, 0.15) is 5.54 Å². The summed E-state index contributed by atoms with van der Waals surface area (Å²) in [6.07, 6.45) is 4.11. The van der Waals surface area contributed by atoms with Crippen LogP contribution < -0.4 is 11.1 Å². The van der Waals surface area contributed by atoms with E-state index in [9.17, 15) is 4.79 Å². The fourth-order valence-electron chi connectivity index (χ4n) is 2.50. The minimum atomic E-state index is -0.424. The van der Waals surface area contributed by atoms with Crippen LogP contribution in [-0.2, 0) is 4.79 Å². The number of amides is 1. The Bertz CT molecular complexity index is 265. The van der Waals surface area contributed by atoms with Gasteiger partial charge in [-0.3, -0.25) is 4.79 Å². The Morgan fingerprint density at radius 2 is 1.94 bits per heavy atom. The van der Waals surface area contributed by atoms with Crippen molar-refractivity contribution in [1.29, 1.82) is 0 Å². The molecule has 1 heterocycles. The number of rotatable bonds is 4. The molecule has 3 N–H and O–H groups in total. The lowest BCUT2D eigenvalue weighted by molar-refractivity contribution is -0.126. The van der Waals surface area contributed by atoms with Crippen molar-refractivity contribution in [1.82, 2.24) is 10.2 Å². The predicted molar refractivity (Wildman–Crippen MR) is 64.0 cm³/mol. The fourth-order valence-corrected chi connectivity index (χ4v) is 2.50. The van der Waals surface area contributed by atoms with Crippen molar-refractivity contribution in [3.05, 3.63) is 0 Å². The zero-order chi connectivity index (χ0) is 11.8. The predicted octanol–water partition coefficient (Wildman–Crippen LogP) is 0.467. The molecule has 0 unspecified atom stereocenters. The molecule has 0 spiro atoms. The first kappa shape index (κ1) is 11.9. The van der Waals surface area contributed by atoms with E-state index in [2.05, 4.69) is 24.1 Å². The van der Waals surface area contributed by atoms with Crippen LogP contribution in [0.2, 0.25) is 0 Å². The summed E-state index contributed by atoms with van der Waals surface area (Å²) in [5, 5.41) is 3.46. The number of carbonyl (C=O) groups excluding carboxylic acids is 1. The van der Waals surface area contributed by atoms with Crippen LogP contribution in [0.1, 0.15) is 39.5 Å². The van der Waals surface area contributed by atoms with Crippen LogP contribution in [0.5, 0.6) is 0 Å². The lowest BCUT2D eigenvalue weighted by Crippen LogP contribution is -2.62. The Morgan fingerprint density at radius 3 is 2.31 bits per heavy atom. The van der Waals surface area contributed by atoms with Gasteiger partial charge in [-0.25, -0.2) is 0 Å². The molecule has 0 aromatic carbocycles. The highest BCUT2D eigenvalue weighted by Crippen LogP contribution is 2.29. The molecule has 0 bridgehead atoms. The molecule has 1 saturated carbocycles. The van der Waals surface area contributed by atoms with E-state index in [0.29, 0.717) is 12.1 Å². The normalized spacial score (nSPS) is 25.9. The van der Waals surface area contributed by atoms with Crippen LogP contribution in [0.4, 0.5) is 0 Å². The third kappa shape index (κ3) is 2.38. The van der Waals surface area contributed by atoms with E-state index >= 15 is 0 Å². The van der Waals surface area contributed by atoms with Crippen molar-refractivity contribution in [2.45, 2.75) is 57.2 Å². The summed E-state index contributed by atoms with van der Waals surface area (Å²) >= 11 is 0. The molecule has 4 nitrogen and oxygen atoms in total. The Hall–Kier alpha value is -0.610. The fraction of sp³-hybridized carbons (Fsp3) is 0.917. The molecule has 2 aliphatic rings. The largest absolute Gasteiger partial charge is 0.368 e. The molecule has 1 aliphatic heterocycles. The third-order valence-corrected chi connectivity index (χ3v) is 3.91. The molecular formula is C12H23N3O. The van der Waals surface area contributed by atoms with Gasteiger partial charge in [0.25, 0.3) is 0 Å². The number of carbonyl (C=O) groups is 1. The maximum Gasteiger partial charge on any atom is 0.237 e. The van der Waals surface area contributed by atoms with Gasteiger partial charge < -0.3 is 16.0 Å². The number of nitrogens with zero attached hydrogens (tertiary/aromatic N) is 1. The zero-order valence-corrected chi connectivity index (χ0v) is 10.3. The summed E-state index contributed by atoms with van der Waals surface area (Å²) in [5.41, 5.74) is 5.16. The number of hydrogen-bond donors (Lipinski definition) is 2. The maximum absolute atomic E-state index is 11.7. The van der Waals surface area contributed by atoms with Crippen molar-refractivity contribution in [3.63, 3.8) is 0 Å². The number of likely N-dealkylation sites (tertiary alicyclic amines) is 1. The summed E-state index contributed by atoms with van der Waals surface area (Å²) in [5.74, 6) is -0.164. The number of nitrogens with one attached hydrogen (secondary N) is 1. The molecule has 1 amide bonds. The van der Waals surface area contributed by atoms with E-state index in [1.54, 1.807) is 0 Å². The first-order valence-electron chi connectivity index (χ1n) is 6.35. The molecule has 1 aliphatic carbocycles. The second-order valence-electron chi connectivity index (χ2n) is 5.49. The van der Waals surface area contributed by atoms with Crippen molar-refractivity contribution in [2.24, 2.45) is 5.73 Å². The SMILES string of the molecule is CC(C)N1CCC(NC2CC2)(C(N)=O)CC1. The average Bonchev–Trinajstić information content (AvgIpc) is 3.02. The first-order valence-corrected chi connectivity index (χ1v) is 6.35. The van der Waals surface area contributed by atoms with Crippen LogP contribution in [0.25, 0.3) is 0 Å². The van der Waals surface area contributed by atoms with Gasteiger partial charge in [0.05, 0.1) is 0 Å². The summed E-state index contributed by atoms with van der Waals surface area (Å²) < 4.78 is 0. The molecule has 0 radical (unpaired) electrons. The molecule has 0 atom stereocenters. The van der Waals surface area contributed by atoms with Crippen molar-refractivity contribution < 1.29 is 4.79 Å². The van der Waals surface area contributed by atoms with Gasteiger partial charge in [-0.15, -0.1) is 0 Å². The van der Waals surface area contributed by atoms with Crippen molar-refractivity contribution in [3.8, 4) is 0 Å². The quantitative estimate of drug-likeness (QED) is 0.731. The van der Waals surface area contributed by atoms with Crippen molar-refractivity contribution in [2.75, 3.05) is 13.1 Å². The minimum absolute atomic E-state index is 0.164. The topological polar surface area (TPSA) is 58.4 Å². The highest BCUT2D eigenvalue weighted by atomic mass is 16.1. The van der Waals surface area contributed by atoms with E-state index in [-0.39, 0.29) is 5.91 Å².